The smallest absolute Gasteiger partial charge is 0.119 e. The second-order valence-corrected chi connectivity index (χ2v) is 5.13. The topological polar surface area (TPSA) is 53.1 Å². The molecule has 2 N–H and O–H groups in total. The molecule has 1 atom stereocenters. The van der Waals surface area contributed by atoms with Crippen LogP contribution in [0, 0.1) is 0 Å². The summed E-state index contributed by atoms with van der Waals surface area (Å²) in [7, 11) is 3.44. The van der Waals surface area contributed by atoms with Gasteiger partial charge in [0.15, 0.2) is 0 Å². The third-order valence-electron chi connectivity index (χ3n) is 2.77. The van der Waals surface area contributed by atoms with Crippen LogP contribution in [0.5, 0.6) is 5.75 Å². The predicted molar refractivity (Wildman–Crippen MR) is 74.9 cm³/mol. The maximum absolute atomic E-state index is 6.26. The van der Waals surface area contributed by atoms with Crippen LogP contribution in [-0.2, 0) is 7.05 Å². The zero-order chi connectivity index (χ0) is 13.3. The van der Waals surface area contributed by atoms with E-state index in [0.29, 0.717) is 5.02 Å². The third-order valence-corrected chi connectivity index (χ3v) is 3.78. The van der Waals surface area contributed by atoms with E-state index in [2.05, 4.69) is 21.0 Å². The lowest BCUT2D eigenvalue weighted by molar-refractivity contribution is 0.414. The summed E-state index contributed by atoms with van der Waals surface area (Å²) in [6.45, 7) is 0. The van der Waals surface area contributed by atoms with E-state index in [-0.39, 0.29) is 6.04 Å². The van der Waals surface area contributed by atoms with Gasteiger partial charge in [0.1, 0.15) is 5.75 Å². The van der Waals surface area contributed by atoms with Crippen LogP contribution < -0.4 is 10.5 Å². The Morgan fingerprint density at radius 1 is 1.50 bits per heavy atom. The van der Waals surface area contributed by atoms with Crippen LogP contribution >= 0.6 is 27.5 Å². The number of ether oxygens (including phenoxy) is 1. The van der Waals surface area contributed by atoms with Crippen molar-refractivity contribution in [1.82, 2.24) is 9.78 Å². The van der Waals surface area contributed by atoms with Crippen LogP contribution in [0.4, 0.5) is 0 Å². The number of nitrogens with zero attached hydrogens (tertiary/aromatic N) is 2. The van der Waals surface area contributed by atoms with Crippen molar-refractivity contribution in [1.29, 1.82) is 0 Å². The van der Waals surface area contributed by atoms with Gasteiger partial charge < -0.3 is 10.5 Å². The summed E-state index contributed by atoms with van der Waals surface area (Å²) in [5, 5.41) is 4.65. The number of halogens is 2. The molecule has 18 heavy (non-hydrogen) atoms. The molecule has 0 aliphatic rings. The molecule has 2 aromatic rings. The molecule has 6 heteroatoms. The number of aryl methyl sites for hydroxylation is 1. The molecule has 1 aromatic heterocycles. The Bertz CT molecular complexity index is 551. The number of rotatable bonds is 3. The van der Waals surface area contributed by atoms with Crippen molar-refractivity contribution in [2.75, 3.05) is 7.11 Å². The van der Waals surface area contributed by atoms with Crippen LogP contribution in [0.1, 0.15) is 17.3 Å². The second-order valence-electron chi connectivity index (χ2n) is 3.87. The minimum atomic E-state index is -0.366. The van der Waals surface area contributed by atoms with E-state index in [1.165, 1.54) is 0 Å². The quantitative estimate of drug-likeness (QED) is 0.941. The van der Waals surface area contributed by atoms with Gasteiger partial charge in [0.2, 0.25) is 0 Å². The Morgan fingerprint density at radius 2 is 2.22 bits per heavy atom. The van der Waals surface area contributed by atoms with Gasteiger partial charge in [-0.2, -0.15) is 5.10 Å². The number of methoxy groups -OCH3 is 1. The molecule has 0 radical (unpaired) electrons. The number of hydrogen-bond donors (Lipinski definition) is 1. The predicted octanol–water partition coefficient (Wildman–Crippen LogP) is 2.89. The molecule has 0 bridgehead atoms. The Balaban J connectivity index is 2.48. The summed E-state index contributed by atoms with van der Waals surface area (Å²) in [4.78, 5) is 0. The lowest BCUT2D eigenvalue weighted by Gasteiger charge is -2.16. The Kier molecular flexibility index (Phi) is 3.94. The fraction of sp³-hybridized carbons (Fsp3) is 0.250. The standard InChI is InChI=1S/C12H13BrClN3O/c1-17-12(10(14)6-16-17)11(15)8-5-7(18-2)3-4-9(8)13/h3-6,11H,15H2,1-2H3. The van der Waals surface area contributed by atoms with Crippen molar-refractivity contribution >= 4 is 27.5 Å². The Morgan fingerprint density at radius 3 is 2.78 bits per heavy atom. The molecule has 1 unspecified atom stereocenters. The van der Waals surface area contributed by atoms with Gasteiger partial charge in [-0.3, -0.25) is 4.68 Å². The van der Waals surface area contributed by atoms with E-state index in [1.54, 1.807) is 18.0 Å². The number of benzene rings is 1. The lowest BCUT2D eigenvalue weighted by atomic mass is 10.0. The van der Waals surface area contributed by atoms with Gasteiger partial charge in [-0.1, -0.05) is 27.5 Å². The van der Waals surface area contributed by atoms with E-state index in [1.807, 2.05) is 25.2 Å². The highest BCUT2D eigenvalue weighted by molar-refractivity contribution is 9.10. The molecule has 4 nitrogen and oxygen atoms in total. The average Bonchev–Trinajstić information content (AvgIpc) is 2.69. The molecule has 0 spiro atoms. The van der Waals surface area contributed by atoms with Crippen LogP contribution in [0.2, 0.25) is 5.02 Å². The molecule has 96 valence electrons. The number of aromatic nitrogens is 2. The minimum absolute atomic E-state index is 0.366. The van der Waals surface area contributed by atoms with Gasteiger partial charge in [0.05, 0.1) is 30.1 Å². The van der Waals surface area contributed by atoms with Crippen LogP contribution in [0.25, 0.3) is 0 Å². The van der Waals surface area contributed by atoms with Crippen LogP contribution in [-0.4, -0.2) is 16.9 Å². The Hall–Kier alpha value is -1.04. The molecule has 1 aromatic carbocycles. The normalized spacial score (nSPS) is 12.5. The largest absolute Gasteiger partial charge is 0.497 e. The van der Waals surface area contributed by atoms with Crippen molar-refractivity contribution < 1.29 is 4.74 Å². The van der Waals surface area contributed by atoms with Gasteiger partial charge in [0.25, 0.3) is 0 Å². The fourth-order valence-corrected chi connectivity index (χ4v) is 2.58. The average molecular weight is 331 g/mol. The number of nitrogens with two attached hydrogens (primary N) is 1. The van der Waals surface area contributed by atoms with Gasteiger partial charge in [-0.25, -0.2) is 0 Å². The molecular weight excluding hydrogens is 318 g/mol. The zero-order valence-corrected chi connectivity index (χ0v) is 12.4. The minimum Gasteiger partial charge on any atom is -0.497 e. The van der Waals surface area contributed by atoms with E-state index in [4.69, 9.17) is 22.1 Å². The van der Waals surface area contributed by atoms with Crippen molar-refractivity contribution in [2.45, 2.75) is 6.04 Å². The molecular formula is C12H13BrClN3O. The summed E-state index contributed by atoms with van der Waals surface area (Å²) >= 11 is 9.59. The number of hydrogen-bond acceptors (Lipinski definition) is 3. The first-order chi connectivity index (χ1) is 8.54. The highest BCUT2D eigenvalue weighted by Gasteiger charge is 2.19. The van der Waals surface area contributed by atoms with E-state index in [9.17, 15) is 0 Å². The van der Waals surface area contributed by atoms with Crippen molar-refractivity contribution in [3.8, 4) is 5.75 Å². The first-order valence-electron chi connectivity index (χ1n) is 5.31. The second kappa shape index (κ2) is 5.30. The van der Waals surface area contributed by atoms with E-state index < -0.39 is 0 Å². The van der Waals surface area contributed by atoms with Crippen molar-refractivity contribution in [3.63, 3.8) is 0 Å². The van der Waals surface area contributed by atoms with Crippen molar-refractivity contribution in [3.05, 3.63) is 45.1 Å². The maximum Gasteiger partial charge on any atom is 0.119 e. The van der Waals surface area contributed by atoms with Gasteiger partial charge in [-0.15, -0.1) is 0 Å². The highest BCUT2D eigenvalue weighted by atomic mass is 79.9. The molecule has 0 amide bonds. The van der Waals surface area contributed by atoms with Gasteiger partial charge in [0, 0.05) is 11.5 Å². The van der Waals surface area contributed by atoms with Crippen LogP contribution in [0.3, 0.4) is 0 Å². The van der Waals surface area contributed by atoms with Crippen LogP contribution in [0.15, 0.2) is 28.9 Å². The molecule has 0 aliphatic carbocycles. The summed E-state index contributed by atoms with van der Waals surface area (Å²) in [6.07, 6.45) is 1.59. The summed E-state index contributed by atoms with van der Waals surface area (Å²) in [6, 6.07) is 5.29. The first-order valence-corrected chi connectivity index (χ1v) is 6.48. The molecule has 2 rings (SSSR count). The summed E-state index contributed by atoms with van der Waals surface area (Å²) < 4.78 is 7.80. The van der Waals surface area contributed by atoms with Crippen molar-refractivity contribution in [2.24, 2.45) is 12.8 Å². The highest BCUT2D eigenvalue weighted by Crippen LogP contribution is 2.32. The monoisotopic (exact) mass is 329 g/mol. The first kappa shape index (κ1) is 13.4. The Labute approximate surface area is 119 Å². The molecule has 0 saturated carbocycles. The van der Waals surface area contributed by atoms with E-state index in [0.717, 1.165) is 21.5 Å². The lowest BCUT2D eigenvalue weighted by Crippen LogP contribution is -2.17. The molecule has 0 aliphatic heterocycles. The molecule has 0 saturated heterocycles. The molecule has 0 fully saturated rings. The van der Waals surface area contributed by atoms with Gasteiger partial charge >= 0.3 is 0 Å². The fourth-order valence-electron chi connectivity index (χ4n) is 1.80. The summed E-state index contributed by atoms with van der Waals surface area (Å²) in [5.41, 5.74) is 7.93. The third kappa shape index (κ3) is 2.39. The zero-order valence-electron chi connectivity index (χ0n) is 10.0. The molecule has 1 heterocycles. The van der Waals surface area contributed by atoms with E-state index >= 15 is 0 Å². The van der Waals surface area contributed by atoms with Gasteiger partial charge in [-0.05, 0) is 23.8 Å². The SMILES string of the molecule is COc1ccc(Br)c(C(N)c2c(Cl)cnn2C)c1. The maximum atomic E-state index is 6.26. The summed E-state index contributed by atoms with van der Waals surface area (Å²) in [5.74, 6) is 0.752.